The predicted octanol–water partition coefficient (Wildman–Crippen LogP) is 0.0226. The fourth-order valence-corrected chi connectivity index (χ4v) is 2.58. The molecule has 0 saturated carbocycles. The number of imidazole rings is 1. The molecule has 0 unspecified atom stereocenters. The van der Waals surface area contributed by atoms with Crippen molar-refractivity contribution in [2.75, 3.05) is 13.6 Å². The molecule has 8 heteroatoms. The molecule has 1 rings (SSSR count). The van der Waals surface area contributed by atoms with Crippen LogP contribution in [0.3, 0.4) is 0 Å². The van der Waals surface area contributed by atoms with Gasteiger partial charge in [-0.05, 0) is 13.8 Å². The zero-order valence-electron chi connectivity index (χ0n) is 11.6. The number of aryl methyl sites for hydroxylation is 1. The molecule has 1 heterocycles. The summed E-state index contributed by atoms with van der Waals surface area (Å²) in [6, 6.07) is 0. The molecule has 0 radical (unpaired) electrons. The van der Waals surface area contributed by atoms with Crippen molar-refractivity contribution in [1.29, 1.82) is 0 Å². The van der Waals surface area contributed by atoms with E-state index in [0.29, 0.717) is 12.2 Å². The average molecular weight is 288 g/mol. The van der Waals surface area contributed by atoms with E-state index in [4.69, 9.17) is 0 Å². The van der Waals surface area contributed by atoms with E-state index in [1.807, 2.05) is 6.92 Å². The normalized spacial score (nSPS) is 12.4. The van der Waals surface area contributed by atoms with Crippen molar-refractivity contribution >= 4 is 15.9 Å². The molecule has 0 saturated heterocycles. The molecule has 3 N–H and O–H groups in total. The van der Waals surface area contributed by atoms with Gasteiger partial charge in [-0.15, -0.1) is 0 Å². The van der Waals surface area contributed by atoms with Gasteiger partial charge in [-0.3, -0.25) is 4.79 Å². The monoisotopic (exact) mass is 288 g/mol. The highest BCUT2D eigenvalue weighted by molar-refractivity contribution is 7.89. The summed E-state index contributed by atoms with van der Waals surface area (Å²) in [5, 5.41) is 2.51. The van der Waals surface area contributed by atoms with Gasteiger partial charge in [0.05, 0.1) is 11.6 Å². The lowest BCUT2D eigenvalue weighted by Crippen LogP contribution is -2.43. The lowest BCUT2D eigenvalue weighted by atomic mass is 9.93. The number of aromatic amines is 1. The molecule has 0 atom stereocenters. The summed E-state index contributed by atoms with van der Waals surface area (Å²) in [7, 11) is -2.16. The number of amides is 1. The van der Waals surface area contributed by atoms with Gasteiger partial charge in [0.15, 0.2) is 5.03 Å². The van der Waals surface area contributed by atoms with Crippen LogP contribution in [-0.2, 0) is 21.2 Å². The molecule has 0 aromatic carbocycles. The second-order valence-corrected chi connectivity index (χ2v) is 6.57. The maximum absolute atomic E-state index is 12.0. The minimum absolute atomic E-state index is 0.00941. The molecule has 1 amide bonds. The minimum atomic E-state index is -3.67. The van der Waals surface area contributed by atoms with Crippen molar-refractivity contribution in [1.82, 2.24) is 20.0 Å². The van der Waals surface area contributed by atoms with Crippen LogP contribution in [0.2, 0.25) is 0 Å². The Morgan fingerprint density at radius 1 is 1.47 bits per heavy atom. The first-order chi connectivity index (χ1) is 8.73. The van der Waals surface area contributed by atoms with Crippen molar-refractivity contribution in [3.05, 3.63) is 12.0 Å². The highest BCUT2D eigenvalue weighted by Crippen LogP contribution is 2.15. The Labute approximate surface area is 113 Å². The predicted molar refractivity (Wildman–Crippen MR) is 71.0 cm³/mol. The van der Waals surface area contributed by atoms with E-state index in [1.54, 1.807) is 13.8 Å². The number of rotatable bonds is 6. The largest absolute Gasteiger partial charge is 0.359 e. The summed E-state index contributed by atoms with van der Waals surface area (Å²) in [4.78, 5) is 18.2. The van der Waals surface area contributed by atoms with Crippen LogP contribution in [0.15, 0.2) is 11.2 Å². The number of nitrogens with zero attached hydrogens (tertiary/aromatic N) is 1. The summed E-state index contributed by atoms with van der Waals surface area (Å²) in [6.45, 7) is 5.21. The van der Waals surface area contributed by atoms with Gasteiger partial charge in [0.2, 0.25) is 5.91 Å². The summed E-state index contributed by atoms with van der Waals surface area (Å²) in [5.41, 5.74) is -0.824. The molecule has 1 aromatic heterocycles. The minimum Gasteiger partial charge on any atom is -0.359 e. The molecule has 0 bridgehead atoms. The SMILES string of the molecule is CCc1ncc(S(=O)(=O)NCC(C)(C)C(=O)NC)[nH]1. The van der Waals surface area contributed by atoms with Crippen LogP contribution in [0, 0.1) is 5.41 Å². The van der Waals surface area contributed by atoms with E-state index in [-0.39, 0.29) is 17.5 Å². The molecule has 7 nitrogen and oxygen atoms in total. The Balaban J connectivity index is 2.78. The first kappa shape index (κ1) is 15.6. The van der Waals surface area contributed by atoms with Crippen LogP contribution in [0.4, 0.5) is 0 Å². The maximum atomic E-state index is 12.0. The fourth-order valence-electron chi connectivity index (χ4n) is 1.43. The lowest BCUT2D eigenvalue weighted by Gasteiger charge is -2.22. The number of carbonyl (C=O) groups is 1. The number of sulfonamides is 1. The summed E-state index contributed by atoms with van der Waals surface area (Å²) in [6.07, 6.45) is 1.90. The topological polar surface area (TPSA) is 104 Å². The van der Waals surface area contributed by atoms with Crippen LogP contribution >= 0.6 is 0 Å². The maximum Gasteiger partial charge on any atom is 0.257 e. The van der Waals surface area contributed by atoms with Crippen molar-refractivity contribution < 1.29 is 13.2 Å². The van der Waals surface area contributed by atoms with Gasteiger partial charge < -0.3 is 10.3 Å². The molecular weight excluding hydrogens is 268 g/mol. The quantitative estimate of drug-likeness (QED) is 0.686. The number of hydrogen-bond donors (Lipinski definition) is 3. The number of H-pyrrole nitrogens is 1. The molecule has 108 valence electrons. The molecule has 0 fully saturated rings. The molecule has 0 aliphatic carbocycles. The summed E-state index contributed by atoms with van der Waals surface area (Å²) in [5.74, 6) is 0.375. The Bertz CT molecular complexity index is 548. The summed E-state index contributed by atoms with van der Waals surface area (Å²) >= 11 is 0. The molecule has 0 spiro atoms. The van der Waals surface area contributed by atoms with E-state index in [2.05, 4.69) is 20.0 Å². The first-order valence-corrected chi connectivity index (χ1v) is 7.47. The Hall–Kier alpha value is -1.41. The second-order valence-electron chi connectivity index (χ2n) is 4.84. The number of carbonyl (C=O) groups excluding carboxylic acids is 1. The smallest absolute Gasteiger partial charge is 0.257 e. The highest BCUT2D eigenvalue weighted by atomic mass is 32.2. The van der Waals surface area contributed by atoms with E-state index in [1.165, 1.54) is 13.2 Å². The number of aromatic nitrogens is 2. The Morgan fingerprint density at radius 3 is 2.58 bits per heavy atom. The third-order valence-electron chi connectivity index (χ3n) is 2.78. The van der Waals surface area contributed by atoms with E-state index in [9.17, 15) is 13.2 Å². The van der Waals surface area contributed by atoms with Crippen molar-refractivity contribution in [2.45, 2.75) is 32.2 Å². The van der Waals surface area contributed by atoms with Gasteiger partial charge in [0.1, 0.15) is 5.82 Å². The lowest BCUT2D eigenvalue weighted by molar-refractivity contribution is -0.128. The van der Waals surface area contributed by atoms with Gasteiger partial charge in [0, 0.05) is 20.0 Å². The third-order valence-corrected chi connectivity index (χ3v) is 4.09. The van der Waals surface area contributed by atoms with Crippen LogP contribution in [0.5, 0.6) is 0 Å². The average Bonchev–Trinajstić information content (AvgIpc) is 2.85. The Morgan fingerprint density at radius 2 is 2.11 bits per heavy atom. The van der Waals surface area contributed by atoms with E-state index >= 15 is 0 Å². The highest BCUT2D eigenvalue weighted by Gasteiger charge is 2.29. The van der Waals surface area contributed by atoms with Gasteiger partial charge in [-0.25, -0.2) is 18.1 Å². The standard InChI is InChI=1S/C11H20N4O3S/c1-5-8-13-6-9(15-8)19(17,18)14-7-11(2,3)10(16)12-4/h6,14H,5,7H2,1-4H3,(H,12,16)(H,13,15). The molecule has 1 aromatic rings. The second kappa shape index (κ2) is 5.70. The van der Waals surface area contributed by atoms with E-state index < -0.39 is 15.4 Å². The zero-order valence-corrected chi connectivity index (χ0v) is 12.4. The van der Waals surface area contributed by atoms with Crippen LogP contribution in [0.25, 0.3) is 0 Å². The van der Waals surface area contributed by atoms with Crippen molar-refractivity contribution in [3.8, 4) is 0 Å². The van der Waals surface area contributed by atoms with Crippen LogP contribution in [0.1, 0.15) is 26.6 Å². The number of hydrogen-bond acceptors (Lipinski definition) is 4. The van der Waals surface area contributed by atoms with Gasteiger partial charge >= 0.3 is 0 Å². The zero-order chi connectivity index (χ0) is 14.7. The third kappa shape index (κ3) is 3.77. The van der Waals surface area contributed by atoms with Crippen LogP contribution < -0.4 is 10.0 Å². The molecule has 0 aliphatic rings. The molecule has 0 aliphatic heterocycles. The number of nitrogens with one attached hydrogen (secondary N) is 3. The summed E-state index contributed by atoms with van der Waals surface area (Å²) < 4.78 is 26.4. The molecular formula is C11H20N4O3S. The van der Waals surface area contributed by atoms with Crippen molar-refractivity contribution in [3.63, 3.8) is 0 Å². The fraction of sp³-hybridized carbons (Fsp3) is 0.636. The van der Waals surface area contributed by atoms with Gasteiger partial charge in [-0.1, -0.05) is 6.92 Å². The molecule has 19 heavy (non-hydrogen) atoms. The Kier molecular flexibility index (Phi) is 4.70. The van der Waals surface area contributed by atoms with Gasteiger partial charge in [0.25, 0.3) is 10.0 Å². The first-order valence-electron chi connectivity index (χ1n) is 5.98. The van der Waals surface area contributed by atoms with Gasteiger partial charge in [-0.2, -0.15) is 0 Å². The van der Waals surface area contributed by atoms with E-state index in [0.717, 1.165) is 0 Å². The van der Waals surface area contributed by atoms with Crippen molar-refractivity contribution in [2.24, 2.45) is 5.41 Å². The van der Waals surface area contributed by atoms with Crippen LogP contribution in [-0.4, -0.2) is 37.9 Å².